The van der Waals surface area contributed by atoms with Crippen LogP contribution in [0.15, 0.2) is 16.8 Å². The topological polar surface area (TPSA) is 73.7 Å². The largest absolute Gasteiger partial charge is 0.490 e. The van der Waals surface area contributed by atoms with Gasteiger partial charge in [0, 0.05) is 44.0 Å². The van der Waals surface area contributed by atoms with Crippen LogP contribution in [0, 0.1) is 0 Å². The second kappa shape index (κ2) is 9.88. The van der Waals surface area contributed by atoms with Gasteiger partial charge in [0.2, 0.25) is 0 Å². The number of carboxylic acids is 1. The summed E-state index contributed by atoms with van der Waals surface area (Å²) in [4.78, 5) is 31.9. The number of thiophene rings is 1. The number of hydrogen-bond acceptors (Lipinski definition) is 6. The van der Waals surface area contributed by atoms with Crippen molar-refractivity contribution in [2.24, 2.45) is 0 Å². The highest BCUT2D eigenvalue weighted by molar-refractivity contribution is 7.13. The highest BCUT2D eigenvalue weighted by atomic mass is 32.1. The van der Waals surface area contributed by atoms with Gasteiger partial charge in [-0.15, -0.1) is 11.3 Å². The molecule has 0 aliphatic carbocycles. The molecule has 0 saturated carbocycles. The van der Waals surface area contributed by atoms with E-state index in [1.165, 1.54) is 10.4 Å². The maximum Gasteiger partial charge on any atom is 0.490 e. The van der Waals surface area contributed by atoms with Crippen molar-refractivity contribution < 1.29 is 27.9 Å². The SMILES string of the molecule is O=C(O)C(F)(F)F.O=C(c1nc2c(s1)CCN(Cc1ccsc1)CC2)N1CCCC1. The fraction of sp³-hybridized carbons (Fsp3) is 0.526. The van der Waals surface area contributed by atoms with E-state index in [1.807, 2.05) is 4.90 Å². The number of likely N-dealkylation sites (tertiary alicyclic amines) is 1. The first-order chi connectivity index (χ1) is 14.2. The lowest BCUT2D eigenvalue weighted by molar-refractivity contribution is -0.192. The molecule has 1 N–H and O–H groups in total. The molecule has 4 heterocycles. The van der Waals surface area contributed by atoms with Crippen LogP contribution in [0.1, 0.15) is 38.8 Å². The van der Waals surface area contributed by atoms with Gasteiger partial charge < -0.3 is 10.0 Å². The minimum absolute atomic E-state index is 0.149. The van der Waals surface area contributed by atoms with Crippen LogP contribution < -0.4 is 0 Å². The Kier molecular flexibility index (Phi) is 7.48. The molecule has 2 aliphatic heterocycles. The van der Waals surface area contributed by atoms with Gasteiger partial charge in [-0.1, -0.05) is 0 Å². The normalized spacial score (nSPS) is 17.1. The molecule has 2 aromatic heterocycles. The number of amides is 1. The van der Waals surface area contributed by atoms with E-state index in [9.17, 15) is 18.0 Å². The number of halogens is 3. The average Bonchev–Trinajstić information content (AvgIpc) is 3.43. The first-order valence-electron chi connectivity index (χ1n) is 9.55. The average molecular weight is 462 g/mol. The second-order valence-corrected chi connectivity index (χ2v) is 8.96. The number of alkyl halides is 3. The number of fused-ring (bicyclic) bond motifs is 1. The first kappa shape index (κ1) is 22.7. The third-order valence-electron chi connectivity index (χ3n) is 4.90. The van der Waals surface area contributed by atoms with Crippen molar-refractivity contribution in [3.8, 4) is 0 Å². The molecule has 0 radical (unpaired) electrons. The van der Waals surface area contributed by atoms with Gasteiger partial charge in [0.05, 0.1) is 5.69 Å². The summed E-state index contributed by atoms with van der Waals surface area (Å²) in [5.41, 5.74) is 2.56. The zero-order chi connectivity index (χ0) is 21.7. The van der Waals surface area contributed by atoms with Crippen LogP contribution in [-0.4, -0.2) is 64.1 Å². The molecule has 2 aliphatic rings. The van der Waals surface area contributed by atoms with Crippen LogP contribution in [0.25, 0.3) is 0 Å². The Morgan fingerprint density at radius 3 is 2.40 bits per heavy atom. The summed E-state index contributed by atoms with van der Waals surface area (Å²) >= 11 is 3.39. The Balaban J connectivity index is 0.000000318. The molecule has 4 rings (SSSR count). The van der Waals surface area contributed by atoms with Crippen molar-refractivity contribution in [3.05, 3.63) is 38.0 Å². The molecule has 1 amide bonds. The molecule has 0 unspecified atom stereocenters. The Labute approximate surface area is 179 Å². The van der Waals surface area contributed by atoms with E-state index in [0.29, 0.717) is 5.01 Å². The summed E-state index contributed by atoms with van der Waals surface area (Å²) in [5.74, 6) is -2.61. The molecular weight excluding hydrogens is 439 g/mol. The van der Waals surface area contributed by atoms with Gasteiger partial charge in [-0.05, 0) is 41.7 Å². The Bertz CT molecular complexity index is 837. The van der Waals surface area contributed by atoms with Crippen LogP contribution in [0.2, 0.25) is 0 Å². The molecule has 6 nitrogen and oxygen atoms in total. The third kappa shape index (κ3) is 6.02. The predicted molar refractivity (Wildman–Crippen MR) is 108 cm³/mol. The molecule has 0 bridgehead atoms. The Morgan fingerprint density at radius 2 is 1.80 bits per heavy atom. The molecular formula is C19H22F3N3O3S2. The van der Waals surface area contributed by atoms with Gasteiger partial charge in [0.1, 0.15) is 0 Å². The second-order valence-electron chi connectivity index (χ2n) is 7.10. The van der Waals surface area contributed by atoms with Gasteiger partial charge in [-0.25, -0.2) is 9.78 Å². The minimum Gasteiger partial charge on any atom is -0.475 e. The quantitative estimate of drug-likeness (QED) is 0.755. The van der Waals surface area contributed by atoms with E-state index in [4.69, 9.17) is 9.90 Å². The van der Waals surface area contributed by atoms with Crippen molar-refractivity contribution in [1.29, 1.82) is 0 Å². The molecule has 0 aromatic carbocycles. The van der Waals surface area contributed by atoms with Crippen LogP contribution in [0.5, 0.6) is 0 Å². The Hall–Kier alpha value is -1.98. The number of carbonyl (C=O) groups is 2. The number of aromatic nitrogens is 1. The number of rotatable bonds is 3. The number of nitrogens with zero attached hydrogens (tertiary/aromatic N) is 3. The molecule has 11 heteroatoms. The van der Waals surface area contributed by atoms with E-state index in [2.05, 4.69) is 26.7 Å². The highest BCUT2D eigenvalue weighted by Crippen LogP contribution is 2.25. The van der Waals surface area contributed by atoms with Crippen molar-refractivity contribution in [1.82, 2.24) is 14.8 Å². The standard InChI is InChI=1S/C17H21N3OS2.C2HF3O2/c21-17(20-6-1-2-7-20)16-18-14-3-8-19(9-4-15(14)23-16)11-13-5-10-22-12-13;3-2(4,5)1(6)7/h5,10,12H,1-4,6-9,11H2;(H,6,7). The smallest absolute Gasteiger partial charge is 0.475 e. The Morgan fingerprint density at radius 1 is 1.13 bits per heavy atom. The van der Waals surface area contributed by atoms with Crippen molar-refractivity contribution >= 4 is 34.6 Å². The number of hydrogen-bond donors (Lipinski definition) is 1. The lowest BCUT2D eigenvalue weighted by Gasteiger charge is -2.18. The van der Waals surface area contributed by atoms with Gasteiger partial charge in [0.25, 0.3) is 5.91 Å². The van der Waals surface area contributed by atoms with Crippen molar-refractivity contribution in [2.75, 3.05) is 26.2 Å². The van der Waals surface area contributed by atoms with Gasteiger partial charge in [0.15, 0.2) is 5.01 Å². The number of aliphatic carboxylic acids is 1. The molecule has 1 saturated heterocycles. The first-order valence-corrected chi connectivity index (χ1v) is 11.3. The van der Waals surface area contributed by atoms with Crippen LogP contribution in [-0.2, 0) is 24.2 Å². The molecule has 2 aromatic rings. The maximum absolute atomic E-state index is 12.5. The molecule has 0 spiro atoms. The van der Waals surface area contributed by atoms with Crippen molar-refractivity contribution in [3.63, 3.8) is 0 Å². The van der Waals surface area contributed by atoms with Gasteiger partial charge >= 0.3 is 12.1 Å². The molecule has 30 heavy (non-hydrogen) atoms. The van der Waals surface area contributed by atoms with Crippen molar-refractivity contribution in [2.45, 2.75) is 38.4 Å². The van der Waals surface area contributed by atoms with E-state index in [1.54, 1.807) is 22.7 Å². The lowest BCUT2D eigenvalue weighted by Crippen LogP contribution is -2.28. The molecule has 0 atom stereocenters. The number of thiazole rings is 1. The van der Waals surface area contributed by atoms with E-state index in [-0.39, 0.29) is 5.91 Å². The summed E-state index contributed by atoms with van der Waals surface area (Å²) in [6, 6.07) is 2.20. The zero-order valence-electron chi connectivity index (χ0n) is 16.2. The zero-order valence-corrected chi connectivity index (χ0v) is 17.8. The maximum atomic E-state index is 12.5. The van der Waals surface area contributed by atoms with Gasteiger partial charge in [-0.2, -0.15) is 24.5 Å². The third-order valence-corrected chi connectivity index (χ3v) is 6.78. The van der Waals surface area contributed by atoms with Crippen LogP contribution in [0.3, 0.4) is 0 Å². The summed E-state index contributed by atoms with van der Waals surface area (Å²) in [7, 11) is 0. The summed E-state index contributed by atoms with van der Waals surface area (Å²) in [5, 5.41) is 12.2. The van der Waals surface area contributed by atoms with E-state index >= 15 is 0 Å². The monoisotopic (exact) mass is 461 g/mol. The van der Waals surface area contributed by atoms with Gasteiger partial charge in [-0.3, -0.25) is 9.69 Å². The van der Waals surface area contributed by atoms with E-state index in [0.717, 1.165) is 64.1 Å². The number of carbonyl (C=O) groups excluding carboxylic acids is 1. The fourth-order valence-corrected chi connectivity index (χ4v) is 5.08. The predicted octanol–water partition coefficient (Wildman–Crippen LogP) is 3.67. The molecule has 1 fully saturated rings. The fourth-order valence-electron chi connectivity index (χ4n) is 3.36. The summed E-state index contributed by atoms with van der Waals surface area (Å²) < 4.78 is 31.7. The van der Waals surface area contributed by atoms with E-state index < -0.39 is 12.1 Å². The number of carboxylic acid groups (broad SMARTS) is 1. The van der Waals surface area contributed by atoms with Crippen LogP contribution >= 0.6 is 22.7 Å². The summed E-state index contributed by atoms with van der Waals surface area (Å²) in [6.07, 6.45) is -0.837. The highest BCUT2D eigenvalue weighted by Gasteiger charge is 2.38. The van der Waals surface area contributed by atoms with Crippen LogP contribution in [0.4, 0.5) is 13.2 Å². The molecule has 164 valence electrons. The lowest BCUT2D eigenvalue weighted by atomic mass is 10.2. The minimum atomic E-state index is -5.08. The summed E-state index contributed by atoms with van der Waals surface area (Å²) in [6.45, 7) is 4.92.